The van der Waals surface area contributed by atoms with Crippen LogP contribution in [0.4, 0.5) is 14.4 Å². The molecule has 1 aromatic carbocycles. The van der Waals surface area contributed by atoms with E-state index >= 15 is 0 Å². The van der Waals surface area contributed by atoms with Crippen LogP contribution < -0.4 is 15.2 Å². The SMILES string of the molecule is CCC(C)COC(=O)O[C@@H](C)COC(=O)[C@@H](N)Cc1ccc(OC(=O)OC(C)(C)C)c(OC(=O)OC(C)(C)C)c1. The lowest BCUT2D eigenvalue weighted by atomic mass is 10.1. The Balaban J connectivity index is 2.85. The zero-order chi connectivity index (χ0) is 30.7. The molecule has 0 radical (unpaired) electrons. The summed E-state index contributed by atoms with van der Waals surface area (Å²) in [5, 5.41) is 0. The van der Waals surface area contributed by atoms with Gasteiger partial charge in [-0.1, -0.05) is 26.3 Å². The van der Waals surface area contributed by atoms with Crippen LogP contribution >= 0.6 is 0 Å². The molecule has 2 N–H and O–H groups in total. The molecule has 0 aliphatic heterocycles. The molecule has 0 aromatic heterocycles. The van der Waals surface area contributed by atoms with Gasteiger partial charge >= 0.3 is 24.4 Å². The van der Waals surface area contributed by atoms with Crippen molar-refractivity contribution < 1.29 is 52.3 Å². The van der Waals surface area contributed by atoms with E-state index in [4.69, 9.17) is 38.9 Å². The smallest absolute Gasteiger partial charge is 0.461 e. The highest BCUT2D eigenvalue weighted by molar-refractivity contribution is 5.76. The first-order valence-electron chi connectivity index (χ1n) is 13.1. The van der Waals surface area contributed by atoms with Gasteiger partial charge in [-0.25, -0.2) is 14.4 Å². The number of esters is 1. The van der Waals surface area contributed by atoms with E-state index in [1.54, 1.807) is 48.5 Å². The Morgan fingerprint density at radius 2 is 1.35 bits per heavy atom. The van der Waals surface area contributed by atoms with E-state index in [0.717, 1.165) is 6.42 Å². The minimum Gasteiger partial charge on any atom is -0.461 e. The van der Waals surface area contributed by atoms with Crippen molar-refractivity contribution >= 4 is 24.4 Å². The molecule has 0 saturated heterocycles. The van der Waals surface area contributed by atoms with Crippen LogP contribution in [-0.2, 0) is 34.9 Å². The van der Waals surface area contributed by atoms with E-state index < -0.39 is 47.8 Å². The molecule has 0 amide bonds. The third kappa shape index (κ3) is 14.6. The lowest BCUT2D eigenvalue weighted by Crippen LogP contribution is -2.36. The van der Waals surface area contributed by atoms with Gasteiger partial charge in [-0.05, 0) is 78.5 Å². The van der Waals surface area contributed by atoms with Gasteiger partial charge in [0.25, 0.3) is 0 Å². The zero-order valence-corrected chi connectivity index (χ0v) is 24.9. The van der Waals surface area contributed by atoms with Gasteiger partial charge in [-0.15, -0.1) is 0 Å². The number of nitrogens with two attached hydrogens (primary N) is 1. The van der Waals surface area contributed by atoms with E-state index in [2.05, 4.69) is 0 Å². The highest BCUT2D eigenvalue weighted by atomic mass is 16.8. The van der Waals surface area contributed by atoms with Crippen molar-refractivity contribution in [2.75, 3.05) is 13.2 Å². The molecule has 226 valence electrons. The minimum atomic E-state index is -1.10. The average molecular weight is 570 g/mol. The molecule has 1 rings (SSSR count). The number of rotatable bonds is 11. The summed E-state index contributed by atoms with van der Waals surface area (Å²) in [6.45, 7) is 15.5. The molecule has 12 heteroatoms. The predicted octanol–water partition coefficient (Wildman–Crippen LogP) is 5.32. The van der Waals surface area contributed by atoms with Gasteiger partial charge in [0.15, 0.2) is 11.5 Å². The fourth-order valence-corrected chi connectivity index (χ4v) is 2.77. The summed E-state index contributed by atoms with van der Waals surface area (Å²) in [6.07, 6.45) is -2.79. The molecule has 0 saturated carbocycles. The number of ether oxygens (including phenoxy) is 7. The Hall–Kier alpha value is -3.54. The van der Waals surface area contributed by atoms with Gasteiger partial charge in [0.1, 0.15) is 30.0 Å². The van der Waals surface area contributed by atoms with Crippen molar-refractivity contribution in [1.82, 2.24) is 0 Å². The summed E-state index contributed by atoms with van der Waals surface area (Å²) >= 11 is 0. The summed E-state index contributed by atoms with van der Waals surface area (Å²) in [5.74, 6) is -0.791. The second kappa shape index (κ2) is 15.3. The lowest BCUT2D eigenvalue weighted by molar-refractivity contribution is -0.148. The van der Waals surface area contributed by atoms with Gasteiger partial charge in [-0.2, -0.15) is 0 Å². The quantitative estimate of drug-likeness (QED) is 0.208. The second-order valence-corrected chi connectivity index (χ2v) is 11.4. The Morgan fingerprint density at radius 1 is 0.800 bits per heavy atom. The summed E-state index contributed by atoms with van der Waals surface area (Å²) in [6, 6.07) is 3.19. The van der Waals surface area contributed by atoms with Gasteiger partial charge < -0.3 is 38.9 Å². The number of carbonyl (C=O) groups excluding carboxylic acids is 4. The molecular formula is C28H43NO11. The highest BCUT2D eigenvalue weighted by Gasteiger charge is 2.25. The van der Waals surface area contributed by atoms with Crippen LogP contribution in [0.5, 0.6) is 11.5 Å². The van der Waals surface area contributed by atoms with E-state index in [0.29, 0.717) is 5.56 Å². The second-order valence-electron chi connectivity index (χ2n) is 11.4. The molecule has 40 heavy (non-hydrogen) atoms. The van der Waals surface area contributed by atoms with Gasteiger partial charge in [0.2, 0.25) is 0 Å². The summed E-state index contributed by atoms with van der Waals surface area (Å²) < 4.78 is 36.1. The third-order valence-electron chi connectivity index (χ3n) is 4.87. The van der Waals surface area contributed by atoms with Crippen molar-refractivity contribution in [3.63, 3.8) is 0 Å². The molecule has 0 aliphatic carbocycles. The number of carbonyl (C=O) groups is 4. The lowest BCUT2D eigenvalue weighted by Gasteiger charge is -2.21. The van der Waals surface area contributed by atoms with Crippen LogP contribution in [0.1, 0.15) is 74.3 Å². The molecule has 1 aromatic rings. The maximum absolute atomic E-state index is 12.4. The fraction of sp³-hybridized carbons (Fsp3) is 0.643. The Morgan fingerprint density at radius 3 is 1.88 bits per heavy atom. The van der Waals surface area contributed by atoms with Crippen molar-refractivity contribution in [1.29, 1.82) is 0 Å². The highest BCUT2D eigenvalue weighted by Crippen LogP contribution is 2.31. The largest absolute Gasteiger partial charge is 0.514 e. The Kier molecular flexibility index (Phi) is 13.2. The predicted molar refractivity (Wildman–Crippen MR) is 144 cm³/mol. The molecule has 12 nitrogen and oxygen atoms in total. The van der Waals surface area contributed by atoms with Crippen molar-refractivity contribution in [3.05, 3.63) is 23.8 Å². The molecule has 1 unspecified atom stereocenters. The molecule has 0 fully saturated rings. The van der Waals surface area contributed by atoms with E-state index in [9.17, 15) is 19.2 Å². The maximum Gasteiger partial charge on any atom is 0.514 e. The molecule has 0 heterocycles. The van der Waals surface area contributed by atoms with Crippen LogP contribution in [0, 0.1) is 5.92 Å². The van der Waals surface area contributed by atoms with E-state index in [-0.39, 0.29) is 37.1 Å². The number of benzene rings is 1. The van der Waals surface area contributed by atoms with Crippen molar-refractivity contribution in [3.8, 4) is 11.5 Å². The van der Waals surface area contributed by atoms with Crippen LogP contribution in [0.2, 0.25) is 0 Å². The molecule has 3 atom stereocenters. The normalized spacial score (nSPS) is 13.8. The molecular weight excluding hydrogens is 526 g/mol. The van der Waals surface area contributed by atoms with Crippen LogP contribution in [0.3, 0.4) is 0 Å². The first kappa shape index (κ1) is 34.5. The van der Waals surface area contributed by atoms with E-state index in [1.165, 1.54) is 18.2 Å². The van der Waals surface area contributed by atoms with Crippen LogP contribution in [-0.4, -0.2) is 61.0 Å². The monoisotopic (exact) mass is 569 g/mol. The molecule has 0 aliphatic rings. The van der Waals surface area contributed by atoms with Crippen molar-refractivity contribution in [2.24, 2.45) is 11.7 Å². The molecule has 0 spiro atoms. The Labute approximate surface area is 235 Å². The minimum absolute atomic E-state index is 0.0115. The summed E-state index contributed by atoms with van der Waals surface area (Å²) in [4.78, 5) is 48.7. The van der Waals surface area contributed by atoms with Gasteiger partial charge in [0.05, 0.1) is 6.61 Å². The third-order valence-corrected chi connectivity index (χ3v) is 4.87. The average Bonchev–Trinajstić information content (AvgIpc) is 2.80. The van der Waals surface area contributed by atoms with E-state index in [1.807, 2.05) is 13.8 Å². The van der Waals surface area contributed by atoms with Crippen LogP contribution in [0.25, 0.3) is 0 Å². The van der Waals surface area contributed by atoms with Gasteiger partial charge in [0, 0.05) is 0 Å². The number of hydrogen-bond acceptors (Lipinski definition) is 12. The number of hydrogen-bond donors (Lipinski definition) is 1. The van der Waals surface area contributed by atoms with Gasteiger partial charge in [-0.3, -0.25) is 4.79 Å². The molecule has 0 bridgehead atoms. The fourth-order valence-electron chi connectivity index (χ4n) is 2.77. The topological polar surface area (TPSA) is 159 Å². The first-order valence-corrected chi connectivity index (χ1v) is 13.1. The maximum atomic E-state index is 12.4. The summed E-state index contributed by atoms with van der Waals surface area (Å²) in [5.41, 5.74) is 4.83. The summed E-state index contributed by atoms with van der Waals surface area (Å²) in [7, 11) is 0. The van der Waals surface area contributed by atoms with Crippen molar-refractivity contribution in [2.45, 2.75) is 98.5 Å². The Bertz CT molecular complexity index is 1010. The first-order chi connectivity index (χ1) is 18.4. The zero-order valence-electron chi connectivity index (χ0n) is 24.9. The standard InChI is InChI=1S/C28H43NO11/c1-10-17(2)15-35-24(31)36-18(3)16-34-23(30)20(29)13-19-11-12-21(37-25(32)39-27(4,5)6)22(14-19)38-26(33)40-28(7,8)9/h11-12,14,17-18,20H,10,13,15-16,29H2,1-9H3/t17?,18-,20-/m0/s1. The van der Waals surface area contributed by atoms with Crippen LogP contribution in [0.15, 0.2) is 18.2 Å².